The Kier molecular flexibility index (Phi) is 3.90. The van der Waals surface area contributed by atoms with Crippen LogP contribution in [0.5, 0.6) is 0 Å². The van der Waals surface area contributed by atoms with Crippen LogP contribution in [0.2, 0.25) is 0 Å². The second kappa shape index (κ2) is 6.10. The highest BCUT2D eigenvalue weighted by Gasteiger charge is 2.58. The summed E-state index contributed by atoms with van der Waals surface area (Å²) >= 11 is 0. The second-order valence-corrected chi connectivity index (χ2v) is 7.04. The predicted molar refractivity (Wildman–Crippen MR) is 91.1 cm³/mol. The van der Waals surface area contributed by atoms with Gasteiger partial charge in [-0.25, -0.2) is 0 Å². The van der Waals surface area contributed by atoms with Crippen LogP contribution in [-0.4, -0.2) is 33.6 Å². The molecule has 5 atom stereocenters. The molecule has 6 heteroatoms. The van der Waals surface area contributed by atoms with Crippen molar-refractivity contribution in [3.63, 3.8) is 0 Å². The van der Waals surface area contributed by atoms with E-state index in [2.05, 4.69) is 22.5 Å². The molecule has 5 rings (SSSR count). The molecule has 130 valence electrons. The Bertz CT molecular complexity index is 714. The lowest BCUT2D eigenvalue weighted by Gasteiger charge is -2.38. The van der Waals surface area contributed by atoms with Crippen molar-refractivity contribution in [1.82, 2.24) is 9.88 Å². The number of imide groups is 1. The molecule has 1 N–H and O–H groups in total. The number of allylic oxidation sites excluding steroid dienone is 2. The number of likely N-dealkylation sites (tertiary alicyclic amines) is 1. The molecule has 1 aromatic rings. The monoisotopic (exact) mass is 339 g/mol. The number of fused-ring (bicyclic) bond motifs is 1. The van der Waals surface area contributed by atoms with E-state index in [0.29, 0.717) is 12.1 Å². The van der Waals surface area contributed by atoms with Crippen molar-refractivity contribution >= 4 is 23.4 Å². The summed E-state index contributed by atoms with van der Waals surface area (Å²) in [6.45, 7) is 1.82. The van der Waals surface area contributed by atoms with Crippen LogP contribution in [-0.2, 0) is 14.4 Å². The maximum atomic E-state index is 13.0. The number of carbonyl (C=O) groups is 3. The molecule has 1 aliphatic heterocycles. The van der Waals surface area contributed by atoms with Crippen molar-refractivity contribution in [3.05, 3.63) is 36.7 Å². The number of hydrogen-bond donors (Lipinski definition) is 1. The van der Waals surface area contributed by atoms with Gasteiger partial charge in [-0.15, -0.1) is 0 Å². The van der Waals surface area contributed by atoms with Crippen molar-refractivity contribution in [3.8, 4) is 0 Å². The number of carbonyl (C=O) groups excluding carboxylic acids is 3. The first-order valence-corrected chi connectivity index (χ1v) is 8.88. The lowest BCUT2D eigenvalue weighted by molar-refractivity contribution is -0.146. The summed E-state index contributed by atoms with van der Waals surface area (Å²) in [7, 11) is 0. The van der Waals surface area contributed by atoms with Crippen LogP contribution < -0.4 is 5.32 Å². The first kappa shape index (κ1) is 16.0. The highest BCUT2D eigenvalue weighted by Crippen LogP contribution is 2.50. The first-order chi connectivity index (χ1) is 12.1. The van der Waals surface area contributed by atoms with Crippen LogP contribution in [0.15, 0.2) is 36.7 Å². The smallest absolute Gasteiger partial charge is 0.247 e. The first-order valence-electron chi connectivity index (χ1n) is 8.88. The average Bonchev–Trinajstić information content (AvgIpc) is 2.92. The molecule has 2 heterocycles. The Hall–Kier alpha value is -2.50. The maximum Gasteiger partial charge on any atom is 0.247 e. The van der Waals surface area contributed by atoms with E-state index in [1.165, 1.54) is 4.90 Å². The number of aromatic nitrogens is 1. The van der Waals surface area contributed by atoms with Crippen molar-refractivity contribution in [2.24, 2.45) is 23.7 Å². The van der Waals surface area contributed by atoms with Crippen molar-refractivity contribution in [2.45, 2.75) is 32.2 Å². The van der Waals surface area contributed by atoms with Gasteiger partial charge in [-0.05, 0) is 43.2 Å². The summed E-state index contributed by atoms with van der Waals surface area (Å²) in [5, 5.41) is 2.77. The fraction of sp³-hybridized carbons (Fsp3) is 0.474. The SMILES string of the molecule is CC[C@H](C(=O)Nc1cccnc1)N1C(=O)[C@@H]2[C@H](C1=O)[C@H]1C=C[C@H]2CC1. The molecule has 6 nitrogen and oxygen atoms in total. The molecular weight excluding hydrogens is 318 g/mol. The molecule has 2 fully saturated rings. The lowest BCUT2D eigenvalue weighted by Crippen LogP contribution is -2.47. The summed E-state index contributed by atoms with van der Waals surface area (Å²) in [6.07, 6.45) is 9.63. The van der Waals surface area contributed by atoms with Gasteiger partial charge in [0.2, 0.25) is 17.7 Å². The number of hydrogen-bond acceptors (Lipinski definition) is 4. The summed E-state index contributed by atoms with van der Waals surface area (Å²) in [6, 6.07) is 2.68. The summed E-state index contributed by atoms with van der Waals surface area (Å²) in [5.41, 5.74) is 0.559. The number of nitrogens with one attached hydrogen (secondary N) is 1. The molecule has 1 aromatic heterocycles. The van der Waals surface area contributed by atoms with Gasteiger partial charge >= 0.3 is 0 Å². The molecule has 3 aliphatic carbocycles. The third kappa shape index (κ3) is 2.47. The number of anilines is 1. The maximum absolute atomic E-state index is 13.0. The van der Waals surface area contributed by atoms with Crippen LogP contribution in [0.1, 0.15) is 26.2 Å². The van der Waals surface area contributed by atoms with Gasteiger partial charge < -0.3 is 5.32 Å². The summed E-state index contributed by atoms with van der Waals surface area (Å²) < 4.78 is 0. The molecule has 0 radical (unpaired) electrons. The minimum atomic E-state index is -0.773. The van der Waals surface area contributed by atoms with E-state index in [1.54, 1.807) is 24.5 Å². The molecule has 4 aliphatic rings. The zero-order chi connectivity index (χ0) is 17.6. The van der Waals surface area contributed by atoms with Gasteiger partial charge in [0.05, 0.1) is 23.7 Å². The van der Waals surface area contributed by atoms with E-state index in [4.69, 9.17) is 0 Å². The zero-order valence-electron chi connectivity index (χ0n) is 14.1. The van der Waals surface area contributed by atoms with Gasteiger partial charge in [0.25, 0.3) is 0 Å². The fourth-order valence-electron chi connectivity index (χ4n) is 4.55. The molecular formula is C19H21N3O3. The molecule has 2 bridgehead atoms. The van der Waals surface area contributed by atoms with Gasteiger partial charge in [0.1, 0.15) is 6.04 Å². The fourth-order valence-corrected chi connectivity index (χ4v) is 4.55. The quantitative estimate of drug-likeness (QED) is 0.672. The molecule has 0 aromatic carbocycles. The third-order valence-corrected chi connectivity index (χ3v) is 5.72. The van der Waals surface area contributed by atoms with Crippen LogP contribution >= 0.6 is 0 Å². The molecule has 1 saturated heterocycles. The predicted octanol–water partition coefficient (Wildman–Crippen LogP) is 2.00. The average molecular weight is 339 g/mol. The van der Waals surface area contributed by atoms with Crippen LogP contribution in [0.25, 0.3) is 0 Å². The van der Waals surface area contributed by atoms with Crippen LogP contribution in [0.3, 0.4) is 0 Å². The van der Waals surface area contributed by atoms with Crippen molar-refractivity contribution in [1.29, 1.82) is 0 Å². The van der Waals surface area contributed by atoms with E-state index in [9.17, 15) is 14.4 Å². The van der Waals surface area contributed by atoms with Crippen molar-refractivity contribution in [2.75, 3.05) is 5.32 Å². The summed E-state index contributed by atoms with van der Waals surface area (Å²) in [4.78, 5) is 43.9. The number of amides is 3. The molecule has 1 saturated carbocycles. The zero-order valence-corrected chi connectivity index (χ0v) is 14.1. The van der Waals surface area contributed by atoms with E-state index >= 15 is 0 Å². The highest BCUT2D eigenvalue weighted by molar-refractivity contribution is 6.10. The normalized spacial score (nSPS) is 31.2. The number of pyridine rings is 1. The molecule has 0 unspecified atom stereocenters. The Morgan fingerprint density at radius 3 is 2.36 bits per heavy atom. The van der Waals surface area contributed by atoms with Crippen molar-refractivity contribution < 1.29 is 14.4 Å². The minimum absolute atomic E-state index is 0.135. The van der Waals surface area contributed by atoms with Gasteiger partial charge in [-0.3, -0.25) is 24.3 Å². The van der Waals surface area contributed by atoms with Gasteiger partial charge in [0.15, 0.2) is 0 Å². The number of rotatable bonds is 4. The van der Waals surface area contributed by atoms with E-state index < -0.39 is 6.04 Å². The number of nitrogens with zero attached hydrogens (tertiary/aromatic N) is 2. The minimum Gasteiger partial charge on any atom is -0.323 e. The Balaban J connectivity index is 1.58. The van der Waals surface area contributed by atoms with Gasteiger partial charge in [-0.2, -0.15) is 0 Å². The topological polar surface area (TPSA) is 79.4 Å². The van der Waals surface area contributed by atoms with Crippen LogP contribution in [0.4, 0.5) is 5.69 Å². The van der Waals surface area contributed by atoms with Gasteiger partial charge in [-0.1, -0.05) is 19.1 Å². The molecule has 3 amide bonds. The standard InChI is InChI=1S/C19H21N3O3/c1-2-14(17(23)21-13-4-3-9-20-10-13)22-18(24)15-11-5-6-12(8-7-11)16(15)19(22)25/h3-6,9-12,14-16H,2,7-8H2,1H3,(H,21,23)/t11-,12-,14+,15-,16+/m0/s1. The Morgan fingerprint density at radius 2 is 1.88 bits per heavy atom. The lowest BCUT2D eigenvalue weighted by atomic mass is 9.63. The van der Waals surface area contributed by atoms with E-state index in [-0.39, 0.29) is 41.4 Å². The third-order valence-electron chi connectivity index (χ3n) is 5.72. The second-order valence-electron chi connectivity index (χ2n) is 7.04. The van der Waals surface area contributed by atoms with Crippen LogP contribution in [0, 0.1) is 23.7 Å². The van der Waals surface area contributed by atoms with E-state index in [1.807, 2.05) is 6.92 Å². The van der Waals surface area contributed by atoms with E-state index in [0.717, 1.165) is 12.8 Å². The Morgan fingerprint density at radius 1 is 1.24 bits per heavy atom. The summed E-state index contributed by atoms with van der Waals surface area (Å²) in [5.74, 6) is -0.987. The largest absolute Gasteiger partial charge is 0.323 e. The Labute approximate surface area is 146 Å². The molecule has 0 spiro atoms. The molecule has 25 heavy (non-hydrogen) atoms. The highest BCUT2D eigenvalue weighted by atomic mass is 16.2. The van der Waals surface area contributed by atoms with Gasteiger partial charge in [0, 0.05) is 6.20 Å².